The van der Waals surface area contributed by atoms with Gasteiger partial charge in [0.25, 0.3) is 0 Å². The third-order valence-corrected chi connectivity index (χ3v) is 6.40. The molecule has 1 aliphatic carbocycles. The monoisotopic (exact) mass is 353 g/mol. The Labute approximate surface area is 144 Å². The number of ether oxygens (including phenoxy) is 1. The predicted molar refractivity (Wildman–Crippen MR) is 95.7 cm³/mol. The Bertz CT molecular complexity index is 649. The Morgan fingerprint density at radius 2 is 1.96 bits per heavy atom. The van der Waals surface area contributed by atoms with E-state index in [1.165, 1.54) is 19.3 Å². The minimum absolute atomic E-state index is 0.327. The number of hydrogen-bond donors (Lipinski definition) is 1. The van der Waals surface area contributed by atoms with E-state index in [4.69, 9.17) is 4.74 Å². The number of benzene rings is 1. The molecule has 1 fully saturated rings. The molecule has 1 aromatic rings. The smallest absolute Gasteiger partial charge is 0.239 e. The molecule has 1 saturated carbocycles. The van der Waals surface area contributed by atoms with Crippen molar-refractivity contribution in [1.82, 2.24) is 0 Å². The summed E-state index contributed by atoms with van der Waals surface area (Å²) < 4.78 is 29.5. The van der Waals surface area contributed by atoms with Gasteiger partial charge in [0.1, 0.15) is 5.75 Å². The Balaban J connectivity index is 1.88. The Hall–Kier alpha value is -1.40. The quantitative estimate of drug-likeness (QED) is 0.816. The molecule has 0 heterocycles. The van der Waals surface area contributed by atoms with Crippen molar-refractivity contribution < 1.29 is 17.9 Å². The van der Waals surface area contributed by atoms with Gasteiger partial charge < -0.3 is 10.1 Å². The molecule has 1 N–H and O–H groups in total. The van der Waals surface area contributed by atoms with Gasteiger partial charge in [0.15, 0.2) is 9.84 Å². The summed E-state index contributed by atoms with van der Waals surface area (Å²) in [5, 5.41) is 2.10. The van der Waals surface area contributed by atoms with E-state index in [1.807, 2.05) is 18.2 Å². The van der Waals surface area contributed by atoms with Crippen LogP contribution in [0.4, 0.5) is 5.69 Å². The average molecular weight is 353 g/mol. The van der Waals surface area contributed by atoms with Gasteiger partial charge in [0.2, 0.25) is 5.91 Å². The lowest BCUT2D eigenvalue weighted by Gasteiger charge is -2.22. The number of amides is 1. The zero-order valence-electron chi connectivity index (χ0n) is 14.5. The molecule has 1 aromatic carbocycles. The molecule has 5 nitrogen and oxygen atoms in total. The lowest BCUT2D eigenvalue weighted by Crippen LogP contribution is -2.27. The van der Waals surface area contributed by atoms with E-state index in [0.29, 0.717) is 18.4 Å². The van der Waals surface area contributed by atoms with Crippen molar-refractivity contribution in [2.45, 2.75) is 63.9 Å². The first kappa shape index (κ1) is 18.9. The maximum absolute atomic E-state index is 11.9. The van der Waals surface area contributed by atoms with Crippen LogP contribution in [0.15, 0.2) is 24.3 Å². The summed E-state index contributed by atoms with van der Waals surface area (Å²) in [5.74, 6) is -0.998. The minimum atomic E-state index is -3.39. The number of carbonyl (C=O) groups excluding carboxylic acids is 1. The average Bonchev–Trinajstić information content (AvgIpc) is 2.53. The molecular formula is C18H27NO4S. The summed E-state index contributed by atoms with van der Waals surface area (Å²) in [6, 6.07) is 7.38. The molecule has 0 saturated heterocycles. The largest absolute Gasteiger partial charge is 0.374 e. The molecule has 0 unspecified atom stereocenters. The van der Waals surface area contributed by atoms with Crippen LogP contribution in [-0.2, 0) is 26.0 Å². The van der Waals surface area contributed by atoms with Gasteiger partial charge in [-0.15, -0.1) is 0 Å². The van der Waals surface area contributed by atoms with Gasteiger partial charge in [-0.1, -0.05) is 31.4 Å². The van der Waals surface area contributed by atoms with E-state index in [0.717, 1.165) is 18.4 Å². The fourth-order valence-corrected chi connectivity index (χ4v) is 3.50. The molecule has 0 bridgehead atoms. The molecule has 0 aliphatic heterocycles. The first-order valence-corrected chi connectivity index (χ1v) is 10.3. The van der Waals surface area contributed by atoms with Gasteiger partial charge in [0.05, 0.1) is 18.0 Å². The number of anilines is 1. The van der Waals surface area contributed by atoms with Crippen LogP contribution in [0.5, 0.6) is 0 Å². The highest BCUT2D eigenvalue weighted by atomic mass is 32.2. The second kappa shape index (κ2) is 8.62. The van der Waals surface area contributed by atoms with E-state index in [-0.39, 0.29) is 0 Å². The molecular weight excluding hydrogens is 326 g/mol. The van der Waals surface area contributed by atoms with Crippen LogP contribution in [0.25, 0.3) is 0 Å². The van der Waals surface area contributed by atoms with Crippen LogP contribution in [0, 0.1) is 0 Å². The van der Waals surface area contributed by atoms with Gasteiger partial charge in [-0.05, 0) is 44.4 Å². The molecule has 1 aliphatic rings. The van der Waals surface area contributed by atoms with Crippen LogP contribution in [0.1, 0.15) is 51.5 Å². The van der Waals surface area contributed by atoms with Crippen molar-refractivity contribution in [1.29, 1.82) is 0 Å². The van der Waals surface area contributed by atoms with Crippen LogP contribution in [0.2, 0.25) is 0 Å². The van der Waals surface area contributed by atoms with Crippen molar-refractivity contribution in [3.05, 3.63) is 29.8 Å². The van der Waals surface area contributed by atoms with Crippen molar-refractivity contribution in [3.8, 4) is 0 Å². The van der Waals surface area contributed by atoms with Crippen molar-refractivity contribution in [2.75, 3.05) is 11.1 Å². The molecule has 0 aromatic heterocycles. The topological polar surface area (TPSA) is 72.5 Å². The zero-order chi connectivity index (χ0) is 17.6. The van der Waals surface area contributed by atoms with Crippen molar-refractivity contribution in [2.24, 2.45) is 0 Å². The Morgan fingerprint density at radius 3 is 2.62 bits per heavy atom. The third kappa shape index (κ3) is 5.91. The molecule has 0 atom stereocenters. The number of nitrogens with one attached hydrogen (secondary N) is 1. The minimum Gasteiger partial charge on any atom is -0.374 e. The Morgan fingerprint density at radius 1 is 1.25 bits per heavy atom. The number of sulfone groups is 1. The van der Waals surface area contributed by atoms with E-state index in [1.54, 1.807) is 19.9 Å². The van der Waals surface area contributed by atoms with Gasteiger partial charge in [-0.3, -0.25) is 4.79 Å². The standard InChI is InChI=1S/C18H27NO4S/c1-14(2)24(21,22)13-18(20)19-16-8-6-7-15(11-16)12-23-17-9-4-3-5-10-17/h6-8,11,14,17H,3-5,9-10,12-13H2,1-2H3,(H,19,20). The summed E-state index contributed by atoms with van der Waals surface area (Å²) >= 11 is 0. The summed E-state index contributed by atoms with van der Waals surface area (Å²) in [6.07, 6.45) is 6.30. The van der Waals surface area contributed by atoms with Crippen LogP contribution in [-0.4, -0.2) is 31.4 Å². The highest BCUT2D eigenvalue weighted by molar-refractivity contribution is 7.92. The fourth-order valence-electron chi connectivity index (χ4n) is 2.73. The van der Waals surface area contributed by atoms with Gasteiger partial charge >= 0.3 is 0 Å². The lowest BCUT2D eigenvalue weighted by atomic mass is 9.98. The summed E-state index contributed by atoms with van der Waals surface area (Å²) in [7, 11) is -3.39. The zero-order valence-corrected chi connectivity index (χ0v) is 15.3. The van der Waals surface area contributed by atoms with Crippen molar-refractivity contribution >= 4 is 21.4 Å². The van der Waals surface area contributed by atoms with Gasteiger partial charge in [-0.25, -0.2) is 8.42 Å². The van der Waals surface area contributed by atoms with E-state index < -0.39 is 26.7 Å². The number of hydrogen-bond acceptors (Lipinski definition) is 4. The number of rotatable bonds is 7. The van der Waals surface area contributed by atoms with Crippen molar-refractivity contribution in [3.63, 3.8) is 0 Å². The highest BCUT2D eigenvalue weighted by Crippen LogP contribution is 2.22. The van der Waals surface area contributed by atoms with Gasteiger partial charge in [-0.2, -0.15) is 0 Å². The Kier molecular flexibility index (Phi) is 6.80. The molecule has 6 heteroatoms. The lowest BCUT2D eigenvalue weighted by molar-refractivity contribution is -0.113. The van der Waals surface area contributed by atoms with Crippen LogP contribution >= 0.6 is 0 Å². The predicted octanol–water partition coefficient (Wildman–Crippen LogP) is 3.30. The highest BCUT2D eigenvalue weighted by Gasteiger charge is 2.20. The molecule has 0 radical (unpaired) electrons. The molecule has 0 spiro atoms. The molecule has 24 heavy (non-hydrogen) atoms. The first-order valence-electron chi connectivity index (χ1n) is 8.59. The first-order chi connectivity index (χ1) is 11.4. The summed E-state index contributed by atoms with van der Waals surface area (Å²) in [5.41, 5.74) is 1.58. The second-order valence-corrected chi connectivity index (χ2v) is 9.23. The maximum atomic E-state index is 11.9. The number of carbonyl (C=O) groups is 1. The summed E-state index contributed by atoms with van der Waals surface area (Å²) in [4.78, 5) is 11.9. The van der Waals surface area contributed by atoms with Crippen LogP contribution in [0.3, 0.4) is 0 Å². The summed E-state index contributed by atoms with van der Waals surface area (Å²) in [6.45, 7) is 3.66. The van der Waals surface area contributed by atoms with E-state index in [2.05, 4.69) is 5.32 Å². The van der Waals surface area contributed by atoms with E-state index in [9.17, 15) is 13.2 Å². The second-order valence-electron chi connectivity index (χ2n) is 6.68. The third-order valence-electron chi connectivity index (χ3n) is 4.30. The molecule has 2 rings (SSSR count). The molecule has 134 valence electrons. The maximum Gasteiger partial charge on any atom is 0.239 e. The molecule has 1 amide bonds. The van der Waals surface area contributed by atoms with Crippen LogP contribution < -0.4 is 5.32 Å². The normalized spacial score (nSPS) is 16.3. The fraction of sp³-hybridized carbons (Fsp3) is 0.611. The SMILES string of the molecule is CC(C)S(=O)(=O)CC(=O)Nc1cccc(COC2CCCCC2)c1. The van der Waals surface area contributed by atoms with E-state index >= 15 is 0 Å². The van der Waals surface area contributed by atoms with Gasteiger partial charge in [0, 0.05) is 5.69 Å².